The summed E-state index contributed by atoms with van der Waals surface area (Å²) < 4.78 is 3.48. The van der Waals surface area contributed by atoms with E-state index in [4.69, 9.17) is 4.98 Å². The Morgan fingerprint density at radius 3 is 2.97 bits per heavy atom. The van der Waals surface area contributed by atoms with Crippen molar-refractivity contribution >= 4 is 34.0 Å². The molecule has 1 aliphatic carbocycles. The van der Waals surface area contributed by atoms with Gasteiger partial charge in [-0.2, -0.15) is 5.10 Å². The second kappa shape index (κ2) is 7.05. The van der Waals surface area contributed by atoms with E-state index in [9.17, 15) is 4.79 Å². The van der Waals surface area contributed by atoms with Crippen LogP contribution in [0.15, 0.2) is 49.2 Å². The number of imidazole rings is 1. The van der Waals surface area contributed by atoms with E-state index < -0.39 is 0 Å². The first kappa shape index (κ1) is 18.5. The molecular weight excluding hydrogens is 378 g/mol. The van der Waals surface area contributed by atoms with Crippen molar-refractivity contribution in [2.24, 2.45) is 5.41 Å². The van der Waals surface area contributed by atoms with Crippen LogP contribution in [0, 0.1) is 5.41 Å². The van der Waals surface area contributed by atoms with E-state index in [1.165, 1.54) is 5.57 Å². The molecule has 0 fully saturated rings. The number of hydrogen-bond donors (Lipinski definition) is 1. The summed E-state index contributed by atoms with van der Waals surface area (Å²) in [5, 5.41) is 7.22. The number of carbonyl (C=O) groups excluding carboxylic acids is 1. The predicted octanol–water partition coefficient (Wildman–Crippen LogP) is 3.71. The highest BCUT2D eigenvalue weighted by molar-refractivity contribution is 5.91. The molecule has 30 heavy (non-hydrogen) atoms. The van der Waals surface area contributed by atoms with Crippen LogP contribution in [-0.4, -0.2) is 35.0 Å². The zero-order chi connectivity index (χ0) is 20.7. The predicted molar refractivity (Wildman–Crippen MR) is 115 cm³/mol. The number of aromatic nitrogens is 6. The van der Waals surface area contributed by atoms with Gasteiger partial charge in [-0.1, -0.05) is 19.9 Å². The topological polar surface area (TPSA) is 90.0 Å². The molecule has 4 aromatic rings. The number of hydrogen-bond acceptors (Lipinski definition) is 5. The number of nitrogens with zero attached hydrogens (tertiary/aromatic N) is 6. The molecule has 0 saturated carbocycles. The van der Waals surface area contributed by atoms with Gasteiger partial charge < -0.3 is 9.72 Å². The van der Waals surface area contributed by atoms with Crippen LogP contribution in [-0.2, 0) is 11.3 Å². The molecule has 1 amide bonds. The fourth-order valence-corrected chi connectivity index (χ4v) is 3.75. The smallest absolute Gasteiger partial charge is 0.246 e. The summed E-state index contributed by atoms with van der Waals surface area (Å²) in [6.07, 6.45) is 14.3. The van der Waals surface area contributed by atoms with Gasteiger partial charge in [0, 0.05) is 30.3 Å². The number of amides is 1. The van der Waals surface area contributed by atoms with Crippen molar-refractivity contribution in [1.29, 1.82) is 0 Å². The summed E-state index contributed by atoms with van der Waals surface area (Å²) in [4.78, 5) is 26.1. The number of anilines is 1. The van der Waals surface area contributed by atoms with Crippen LogP contribution in [0.5, 0.6) is 0 Å². The lowest BCUT2D eigenvalue weighted by molar-refractivity contribution is -0.116. The Labute approximate surface area is 173 Å². The van der Waals surface area contributed by atoms with E-state index in [0.717, 1.165) is 30.6 Å². The summed E-state index contributed by atoms with van der Waals surface area (Å²) in [7, 11) is 0. The van der Waals surface area contributed by atoms with Crippen molar-refractivity contribution in [3.8, 4) is 0 Å². The first-order valence-corrected chi connectivity index (χ1v) is 10.1. The molecule has 1 N–H and O–H groups in total. The van der Waals surface area contributed by atoms with E-state index in [1.54, 1.807) is 23.3 Å². The fraction of sp³-hybridized carbons (Fsp3) is 0.318. The minimum atomic E-state index is -0.179. The highest BCUT2D eigenvalue weighted by Crippen LogP contribution is 2.37. The first-order chi connectivity index (χ1) is 14.5. The standard InChI is InChI=1S/C22H23N7O/c1-22(2)6-3-15(4-7-22)17-12-24-18-13-25-29(21(18)27-17)14-20(30)26-16-5-9-28-10-8-23-19(28)11-16/h3,5,8-13H,4,6-7,14H2,1-2H3,(H,26,30). The summed E-state index contributed by atoms with van der Waals surface area (Å²) in [6.45, 7) is 4.63. The third-order valence-corrected chi connectivity index (χ3v) is 5.62. The van der Waals surface area contributed by atoms with Crippen molar-refractivity contribution in [3.63, 3.8) is 0 Å². The third kappa shape index (κ3) is 3.56. The average molecular weight is 401 g/mol. The maximum Gasteiger partial charge on any atom is 0.246 e. The Kier molecular flexibility index (Phi) is 4.34. The Morgan fingerprint density at radius 2 is 2.13 bits per heavy atom. The van der Waals surface area contributed by atoms with Gasteiger partial charge in [-0.15, -0.1) is 0 Å². The molecule has 0 radical (unpaired) electrons. The average Bonchev–Trinajstić information content (AvgIpc) is 3.34. The van der Waals surface area contributed by atoms with Crippen LogP contribution in [0.25, 0.3) is 22.4 Å². The highest BCUT2D eigenvalue weighted by Gasteiger charge is 2.23. The Hall–Kier alpha value is -3.55. The van der Waals surface area contributed by atoms with E-state index >= 15 is 0 Å². The van der Waals surface area contributed by atoms with Gasteiger partial charge in [0.2, 0.25) is 5.91 Å². The number of carbonyl (C=O) groups is 1. The van der Waals surface area contributed by atoms with E-state index in [0.29, 0.717) is 22.3 Å². The lowest BCUT2D eigenvalue weighted by Crippen LogP contribution is -2.20. The largest absolute Gasteiger partial charge is 0.324 e. The van der Waals surface area contributed by atoms with Gasteiger partial charge in [-0.05, 0) is 36.3 Å². The minimum absolute atomic E-state index is 0.0628. The molecule has 1 aliphatic rings. The van der Waals surface area contributed by atoms with Gasteiger partial charge in [0.1, 0.15) is 17.7 Å². The molecular formula is C22H23N7O. The zero-order valence-electron chi connectivity index (χ0n) is 17.0. The van der Waals surface area contributed by atoms with E-state index in [-0.39, 0.29) is 12.5 Å². The Bertz CT molecular complexity index is 1280. The van der Waals surface area contributed by atoms with Crippen LogP contribution in [0.3, 0.4) is 0 Å². The van der Waals surface area contributed by atoms with Crippen LogP contribution < -0.4 is 5.32 Å². The number of nitrogens with one attached hydrogen (secondary N) is 1. The zero-order valence-corrected chi connectivity index (χ0v) is 17.0. The molecule has 8 nitrogen and oxygen atoms in total. The van der Waals surface area contributed by atoms with Gasteiger partial charge in [0.15, 0.2) is 5.65 Å². The van der Waals surface area contributed by atoms with Gasteiger partial charge in [-0.25, -0.2) is 19.6 Å². The van der Waals surface area contributed by atoms with Crippen molar-refractivity contribution in [2.75, 3.05) is 5.32 Å². The van der Waals surface area contributed by atoms with Crippen molar-refractivity contribution in [1.82, 2.24) is 29.1 Å². The maximum atomic E-state index is 12.6. The Balaban J connectivity index is 1.36. The quantitative estimate of drug-likeness (QED) is 0.563. The summed E-state index contributed by atoms with van der Waals surface area (Å²) in [6, 6.07) is 3.66. The SMILES string of the molecule is CC1(C)CC=C(c2cnc3cnn(CC(=O)Nc4ccn5ccnc5c4)c3n2)CC1. The fourth-order valence-electron chi connectivity index (χ4n) is 3.75. The number of fused-ring (bicyclic) bond motifs is 2. The number of rotatable bonds is 4. The molecule has 4 heterocycles. The molecule has 5 rings (SSSR count). The van der Waals surface area contributed by atoms with Crippen molar-refractivity contribution < 1.29 is 4.79 Å². The number of pyridine rings is 1. The lowest BCUT2D eigenvalue weighted by Gasteiger charge is -2.28. The second-order valence-corrected chi connectivity index (χ2v) is 8.52. The molecule has 0 atom stereocenters. The molecule has 0 unspecified atom stereocenters. The molecule has 4 aromatic heterocycles. The van der Waals surface area contributed by atoms with E-state index in [2.05, 4.69) is 40.3 Å². The maximum absolute atomic E-state index is 12.6. The summed E-state index contributed by atoms with van der Waals surface area (Å²) in [5.41, 5.74) is 5.19. The van der Waals surface area contributed by atoms with Crippen LogP contribution in [0.1, 0.15) is 38.8 Å². The summed E-state index contributed by atoms with van der Waals surface area (Å²) in [5.74, 6) is -0.179. The van der Waals surface area contributed by atoms with Crippen LogP contribution >= 0.6 is 0 Å². The van der Waals surface area contributed by atoms with Gasteiger partial charge in [0.25, 0.3) is 0 Å². The molecule has 0 aromatic carbocycles. The highest BCUT2D eigenvalue weighted by atomic mass is 16.2. The normalized spacial score (nSPS) is 16.0. The molecule has 0 spiro atoms. The van der Waals surface area contributed by atoms with Gasteiger partial charge in [-0.3, -0.25) is 4.79 Å². The lowest BCUT2D eigenvalue weighted by atomic mass is 9.78. The molecule has 152 valence electrons. The molecule has 0 aliphatic heterocycles. The minimum Gasteiger partial charge on any atom is -0.324 e. The monoisotopic (exact) mass is 401 g/mol. The third-order valence-electron chi connectivity index (χ3n) is 5.62. The first-order valence-electron chi connectivity index (χ1n) is 10.1. The molecule has 8 heteroatoms. The number of allylic oxidation sites excluding steroid dienone is 2. The van der Waals surface area contributed by atoms with Crippen LogP contribution in [0.4, 0.5) is 5.69 Å². The van der Waals surface area contributed by atoms with Gasteiger partial charge >= 0.3 is 0 Å². The van der Waals surface area contributed by atoms with Crippen LogP contribution in [0.2, 0.25) is 0 Å². The van der Waals surface area contributed by atoms with Gasteiger partial charge in [0.05, 0.1) is 18.1 Å². The van der Waals surface area contributed by atoms with Crippen molar-refractivity contribution in [2.45, 2.75) is 39.7 Å². The second-order valence-electron chi connectivity index (χ2n) is 8.52. The summed E-state index contributed by atoms with van der Waals surface area (Å²) >= 11 is 0. The molecule has 0 bridgehead atoms. The molecule has 0 saturated heterocycles. The Morgan fingerprint density at radius 1 is 1.23 bits per heavy atom. The van der Waals surface area contributed by atoms with Crippen molar-refractivity contribution in [3.05, 3.63) is 54.9 Å². The van der Waals surface area contributed by atoms with E-state index in [1.807, 2.05) is 28.9 Å².